The van der Waals surface area contributed by atoms with Crippen molar-refractivity contribution in [3.8, 4) is 0 Å². The van der Waals surface area contributed by atoms with Crippen molar-refractivity contribution in [1.29, 1.82) is 0 Å². The van der Waals surface area contributed by atoms with Crippen molar-refractivity contribution in [3.05, 3.63) is 12.2 Å². The molecule has 0 atom stereocenters. The Bertz CT molecular complexity index is 427. The van der Waals surface area contributed by atoms with Crippen LogP contribution in [0.1, 0.15) is 6.92 Å². The Labute approximate surface area is 106 Å². The highest BCUT2D eigenvalue weighted by Gasteiger charge is 2.38. The molecule has 0 rings (SSSR count). The van der Waals surface area contributed by atoms with Crippen LogP contribution in [0.4, 0.5) is 0 Å². The molecule has 0 spiro atoms. The number of phosphoric acid groups is 3. The van der Waals surface area contributed by atoms with E-state index in [4.69, 9.17) is 29.6 Å². The molecule has 0 unspecified atom stereocenters. The second-order valence-corrected chi connectivity index (χ2v) is 6.90. The molecular formula is C4H11O12P3. The Balaban J connectivity index is 0. The van der Waals surface area contributed by atoms with Gasteiger partial charge in [0.15, 0.2) is 0 Å². The normalized spacial score (nSPS) is 12.3. The lowest BCUT2D eigenvalue weighted by Gasteiger charge is -2.11. The van der Waals surface area contributed by atoms with E-state index in [9.17, 15) is 18.5 Å². The Morgan fingerprint density at radius 1 is 0.947 bits per heavy atom. The second kappa shape index (κ2) is 7.41. The molecule has 19 heavy (non-hydrogen) atoms. The van der Waals surface area contributed by atoms with E-state index < -0.39 is 29.4 Å². The van der Waals surface area contributed by atoms with Crippen molar-refractivity contribution < 1.29 is 56.7 Å². The van der Waals surface area contributed by atoms with Crippen LogP contribution in [0.3, 0.4) is 0 Å². The SMILES string of the molecule is C=C(C)C(=O)O.O=P(O)(O)OP(=O)(O)OP(=O)(O)O. The minimum atomic E-state index is -5.46. The van der Waals surface area contributed by atoms with Crippen molar-refractivity contribution in [2.24, 2.45) is 0 Å². The number of carboxylic acids is 1. The molecular weight excluding hydrogens is 333 g/mol. The van der Waals surface area contributed by atoms with Crippen molar-refractivity contribution in [3.63, 3.8) is 0 Å². The summed E-state index contributed by atoms with van der Waals surface area (Å²) in [6, 6.07) is 0. The van der Waals surface area contributed by atoms with Gasteiger partial charge in [-0.05, 0) is 6.92 Å². The summed E-state index contributed by atoms with van der Waals surface area (Å²) in [6.07, 6.45) is 0. The molecule has 15 heteroatoms. The number of hydrogen-bond acceptors (Lipinski definition) is 6. The van der Waals surface area contributed by atoms with Crippen LogP contribution in [-0.2, 0) is 27.1 Å². The van der Waals surface area contributed by atoms with Crippen LogP contribution in [0.2, 0.25) is 0 Å². The van der Waals surface area contributed by atoms with Gasteiger partial charge >= 0.3 is 29.4 Å². The van der Waals surface area contributed by atoms with Crippen LogP contribution in [0.5, 0.6) is 0 Å². The van der Waals surface area contributed by atoms with Gasteiger partial charge in [0, 0.05) is 5.57 Å². The molecule has 0 heterocycles. The number of carbonyl (C=O) groups is 1. The lowest BCUT2D eigenvalue weighted by atomic mass is 10.4. The lowest BCUT2D eigenvalue weighted by Crippen LogP contribution is -1.92. The largest absolute Gasteiger partial charge is 0.490 e. The van der Waals surface area contributed by atoms with Crippen LogP contribution in [0, 0.1) is 0 Å². The first-order chi connectivity index (χ1) is 8.06. The minimum Gasteiger partial charge on any atom is -0.478 e. The average Bonchev–Trinajstić information content (AvgIpc) is 1.93. The highest BCUT2D eigenvalue weighted by Crippen LogP contribution is 2.64. The third-order valence-corrected chi connectivity index (χ3v) is 4.14. The number of rotatable bonds is 5. The zero-order chi connectivity index (χ0) is 16.1. The molecule has 12 nitrogen and oxygen atoms in total. The first kappa shape index (κ1) is 20.9. The summed E-state index contributed by atoms with van der Waals surface area (Å²) in [6.45, 7) is 4.60. The summed E-state index contributed by atoms with van der Waals surface area (Å²) >= 11 is 0. The predicted octanol–water partition coefficient (Wildman–Crippen LogP) is -0.0475. The zero-order valence-corrected chi connectivity index (χ0v) is 11.9. The Kier molecular flexibility index (Phi) is 8.17. The molecule has 0 amide bonds. The molecule has 0 saturated heterocycles. The van der Waals surface area contributed by atoms with Crippen LogP contribution >= 0.6 is 23.5 Å². The van der Waals surface area contributed by atoms with E-state index in [0.29, 0.717) is 0 Å². The zero-order valence-electron chi connectivity index (χ0n) is 9.18. The van der Waals surface area contributed by atoms with E-state index in [1.807, 2.05) is 0 Å². The molecule has 0 aliphatic carbocycles. The monoisotopic (exact) mass is 344 g/mol. The van der Waals surface area contributed by atoms with Gasteiger partial charge in [0.1, 0.15) is 0 Å². The second-order valence-electron chi connectivity index (χ2n) is 2.70. The van der Waals surface area contributed by atoms with Gasteiger partial charge in [0.25, 0.3) is 0 Å². The topological polar surface area (TPSA) is 208 Å². The predicted molar refractivity (Wildman–Crippen MR) is 58.5 cm³/mol. The molecule has 114 valence electrons. The van der Waals surface area contributed by atoms with E-state index in [-0.39, 0.29) is 5.57 Å². The maximum Gasteiger partial charge on any atom is 0.490 e. The number of hydrogen-bond donors (Lipinski definition) is 6. The third-order valence-electron chi connectivity index (χ3n) is 0.784. The van der Waals surface area contributed by atoms with Crippen LogP contribution in [0.25, 0.3) is 0 Å². The van der Waals surface area contributed by atoms with Crippen molar-refractivity contribution in [1.82, 2.24) is 0 Å². The standard InChI is InChI=1S/C4H6O2.H5O10P3/c1-3(2)4(5)6;1-11(2,3)9-13(7,8)10-12(4,5)6/h1H2,2H3,(H,5,6);(H,7,8)(H2,1,2,3)(H2,4,5,6). The van der Waals surface area contributed by atoms with E-state index in [1.165, 1.54) is 6.92 Å². The van der Waals surface area contributed by atoms with E-state index in [1.54, 1.807) is 0 Å². The Morgan fingerprint density at radius 2 is 1.16 bits per heavy atom. The summed E-state index contributed by atoms with van der Waals surface area (Å²) in [5.74, 6) is -0.935. The summed E-state index contributed by atoms with van der Waals surface area (Å²) in [5, 5.41) is 7.89. The average molecular weight is 344 g/mol. The van der Waals surface area contributed by atoms with Crippen LogP contribution in [0.15, 0.2) is 12.2 Å². The fourth-order valence-corrected chi connectivity index (χ4v) is 2.82. The van der Waals surface area contributed by atoms with Crippen molar-refractivity contribution in [2.45, 2.75) is 6.92 Å². The lowest BCUT2D eigenvalue weighted by molar-refractivity contribution is -0.132. The summed E-state index contributed by atoms with van der Waals surface area (Å²) in [7, 11) is -16.2. The molecule has 6 N–H and O–H groups in total. The smallest absolute Gasteiger partial charge is 0.478 e. The third kappa shape index (κ3) is 17.6. The highest BCUT2D eigenvalue weighted by atomic mass is 31.3. The van der Waals surface area contributed by atoms with Gasteiger partial charge in [-0.1, -0.05) is 6.58 Å². The molecule has 0 radical (unpaired) electrons. The van der Waals surface area contributed by atoms with Gasteiger partial charge < -0.3 is 29.6 Å². The first-order valence-electron chi connectivity index (χ1n) is 3.81. The van der Waals surface area contributed by atoms with Gasteiger partial charge in [-0.15, -0.1) is 0 Å². The number of aliphatic carboxylic acids is 1. The Hall–Kier alpha value is -0.380. The Morgan fingerprint density at radius 3 is 1.26 bits per heavy atom. The van der Waals surface area contributed by atoms with Gasteiger partial charge in [0.05, 0.1) is 0 Å². The summed E-state index contributed by atoms with van der Waals surface area (Å²) < 4.78 is 36.4. The molecule has 0 aromatic rings. The molecule has 0 aromatic carbocycles. The number of carboxylic acid groups (broad SMARTS) is 1. The van der Waals surface area contributed by atoms with Gasteiger partial charge in [-0.2, -0.15) is 8.62 Å². The highest BCUT2D eigenvalue weighted by molar-refractivity contribution is 7.66. The first-order valence-corrected chi connectivity index (χ1v) is 8.37. The minimum absolute atomic E-state index is 0.176. The van der Waals surface area contributed by atoms with Crippen molar-refractivity contribution >= 4 is 29.4 Å². The van der Waals surface area contributed by atoms with Crippen LogP contribution < -0.4 is 0 Å². The van der Waals surface area contributed by atoms with E-state index >= 15 is 0 Å². The quantitative estimate of drug-likeness (QED) is 0.286. The van der Waals surface area contributed by atoms with Gasteiger partial charge in [-0.25, -0.2) is 18.5 Å². The maximum atomic E-state index is 10.4. The molecule has 0 aliphatic heterocycles. The van der Waals surface area contributed by atoms with Crippen LogP contribution in [-0.4, -0.2) is 35.5 Å². The fourth-order valence-electron chi connectivity index (χ4n) is 0.284. The fraction of sp³-hybridized carbons (Fsp3) is 0.250. The maximum absolute atomic E-state index is 10.4. The van der Waals surface area contributed by atoms with Gasteiger partial charge in [-0.3, -0.25) is 0 Å². The summed E-state index contributed by atoms with van der Waals surface area (Å²) in [4.78, 5) is 49.8. The van der Waals surface area contributed by atoms with E-state index in [0.717, 1.165) is 0 Å². The van der Waals surface area contributed by atoms with E-state index in [2.05, 4.69) is 15.2 Å². The molecule has 0 saturated carbocycles. The summed E-state index contributed by atoms with van der Waals surface area (Å²) in [5.41, 5.74) is 0.176. The van der Waals surface area contributed by atoms with Gasteiger partial charge in [0.2, 0.25) is 0 Å². The molecule has 0 fully saturated rings. The molecule has 0 aromatic heterocycles. The molecule has 0 aliphatic rings. The van der Waals surface area contributed by atoms with Crippen molar-refractivity contribution in [2.75, 3.05) is 0 Å². The molecule has 0 bridgehead atoms.